The molecule has 0 aromatic heterocycles. The van der Waals surface area contributed by atoms with Gasteiger partial charge in [0.25, 0.3) is 0 Å². The molecule has 0 radical (unpaired) electrons. The van der Waals surface area contributed by atoms with Crippen LogP contribution in [0.25, 0.3) is 0 Å². The number of rotatable bonds is 9. The van der Waals surface area contributed by atoms with Gasteiger partial charge in [0.1, 0.15) is 47.7 Å². The molecule has 0 aliphatic heterocycles. The summed E-state index contributed by atoms with van der Waals surface area (Å²) < 4.78 is 31.6. The van der Waals surface area contributed by atoms with Gasteiger partial charge in [0.05, 0.1) is 23.8 Å². The predicted octanol–water partition coefficient (Wildman–Crippen LogP) is 8.88. The Kier molecular flexibility index (Phi) is 20.5. The second kappa shape index (κ2) is 26.5. The van der Waals surface area contributed by atoms with Crippen LogP contribution in [0.4, 0.5) is 0 Å². The van der Waals surface area contributed by atoms with E-state index in [0.29, 0.717) is 0 Å². The molecule has 0 heterocycles. The van der Waals surface area contributed by atoms with Crippen molar-refractivity contribution in [1.82, 2.24) is 0 Å². The molecule has 9 heteroatoms. The summed E-state index contributed by atoms with van der Waals surface area (Å²) in [5.74, 6) is 0. The van der Waals surface area contributed by atoms with Crippen molar-refractivity contribution < 1.29 is 38.6 Å². The summed E-state index contributed by atoms with van der Waals surface area (Å²) >= 11 is 0. The van der Waals surface area contributed by atoms with Crippen LogP contribution in [0.2, 0.25) is 0 Å². The predicted molar refractivity (Wildman–Crippen MR) is 274 cm³/mol. The van der Waals surface area contributed by atoms with E-state index in [2.05, 4.69) is 273 Å². The van der Waals surface area contributed by atoms with Crippen molar-refractivity contribution in [2.75, 3.05) is 0 Å². The van der Waals surface area contributed by atoms with Crippen molar-refractivity contribution >= 4 is 81.9 Å². The molecule has 0 bridgehead atoms. The van der Waals surface area contributed by atoms with E-state index in [9.17, 15) is 0 Å². The van der Waals surface area contributed by atoms with Crippen molar-refractivity contribution in [3.63, 3.8) is 0 Å². The van der Waals surface area contributed by atoms with Crippen molar-refractivity contribution in [3.05, 3.63) is 273 Å². The van der Waals surface area contributed by atoms with E-state index < -0.39 is 34.2 Å². The molecule has 0 amide bonds. The summed E-state index contributed by atoms with van der Waals surface area (Å²) in [7, 11) is -7.30. The van der Waals surface area contributed by atoms with E-state index in [1.807, 2.05) is 0 Å². The third kappa shape index (κ3) is 16.2. The van der Waals surface area contributed by atoms with E-state index >= 15 is 0 Å². The van der Waals surface area contributed by atoms with Crippen LogP contribution in [0.1, 0.15) is 0 Å². The maximum atomic E-state index is 8.74. The van der Waals surface area contributed by atoms with Gasteiger partial charge in [-0.25, -0.2) is 0 Å². The van der Waals surface area contributed by atoms with Crippen LogP contribution < -0.4 is 47.7 Å². The van der Waals surface area contributed by atoms with Gasteiger partial charge >= 0.3 is 10.4 Å². The van der Waals surface area contributed by atoms with Crippen molar-refractivity contribution in [2.24, 2.45) is 0 Å². The van der Waals surface area contributed by atoms with Crippen LogP contribution in [0, 0.1) is 0 Å². The molecule has 9 rings (SSSR count). The van der Waals surface area contributed by atoms with E-state index in [-0.39, 0.29) is 21.1 Å². The summed E-state index contributed by atoms with van der Waals surface area (Å²) in [6, 6.07) is 97.5. The Bertz CT molecular complexity index is 2120. The molecule has 2 N–H and O–H groups in total. The quantitative estimate of drug-likeness (QED) is 0.112. The molecule has 0 fully saturated rings. The largest absolute Gasteiger partial charge is 0.394 e. The Morgan fingerprint density at radius 2 is 0.302 bits per heavy atom. The molecule has 9 aromatic rings. The molecule has 0 unspecified atom stereocenters. The summed E-state index contributed by atoms with van der Waals surface area (Å²) in [5.41, 5.74) is 0. The minimum Gasteiger partial charge on any atom is -0.264 e. The minimum absolute atomic E-state index is 0. The molecule has 4 nitrogen and oxygen atoms in total. The SMILES string of the molecule is O=S(=O)(O)O.[Pt].c1ccc([PH+](c2ccccc2)c2ccccc2)cc1.c1ccc([PH+](c2ccccc2)c2ccccc2)cc1.c1ccc([PH+](c2ccccc2)c2ccccc2)cc1. The van der Waals surface area contributed by atoms with Gasteiger partial charge in [0.15, 0.2) is 0 Å². The molecule has 0 saturated carbocycles. The molecule has 0 aliphatic rings. The second-order valence-electron chi connectivity index (χ2n) is 13.9. The molecular weight excluding hydrogens is 1030 g/mol. The molecule has 63 heavy (non-hydrogen) atoms. The summed E-state index contributed by atoms with van der Waals surface area (Å²) in [5, 5.41) is 12.9. The first-order valence-corrected chi connectivity index (χ1v) is 26.0. The minimum atomic E-state index is -4.67. The number of hydrogen-bond donors (Lipinski definition) is 2. The van der Waals surface area contributed by atoms with Gasteiger partial charge in [0, 0.05) is 21.1 Å². The van der Waals surface area contributed by atoms with Gasteiger partial charge in [0.2, 0.25) is 0 Å². The van der Waals surface area contributed by atoms with Crippen molar-refractivity contribution in [3.8, 4) is 0 Å². The van der Waals surface area contributed by atoms with E-state index in [1.165, 1.54) is 47.7 Å². The van der Waals surface area contributed by atoms with Crippen LogP contribution in [0.3, 0.4) is 0 Å². The molecular formula is C54H50O4P3PtS+3. The summed E-state index contributed by atoms with van der Waals surface area (Å²) in [6.07, 6.45) is 0. The zero-order valence-electron chi connectivity index (χ0n) is 34.4. The van der Waals surface area contributed by atoms with Crippen LogP contribution >= 0.6 is 23.8 Å². The van der Waals surface area contributed by atoms with Gasteiger partial charge in [-0.15, -0.1) is 0 Å². The molecule has 0 saturated heterocycles. The standard InChI is InChI=1S/3C18H15P.H2O4S.Pt/c3*1-4-10-16(11-5-1)19(17-12-6-2-7-13-17)18-14-8-3-9-15-18;1-5(2,3)4;/h3*1-15H;(H2,1,2,3,4);/p+3. The van der Waals surface area contributed by atoms with E-state index in [1.54, 1.807) is 0 Å². The zero-order valence-corrected chi connectivity index (χ0v) is 40.5. The van der Waals surface area contributed by atoms with Gasteiger partial charge in [-0.1, -0.05) is 164 Å². The average molecular weight is 1080 g/mol. The van der Waals surface area contributed by atoms with Gasteiger partial charge in [-0.3, -0.25) is 9.11 Å². The molecule has 9 aromatic carbocycles. The Morgan fingerprint density at radius 1 is 0.222 bits per heavy atom. The molecule has 0 aliphatic carbocycles. The number of hydrogen-bond acceptors (Lipinski definition) is 2. The van der Waals surface area contributed by atoms with E-state index in [4.69, 9.17) is 17.5 Å². The van der Waals surface area contributed by atoms with Crippen LogP contribution in [-0.2, 0) is 31.5 Å². The first-order valence-electron chi connectivity index (χ1n) is 20.1. The van der Waals surface area contributed by atoms with Crippen molar-refractivity contribution in [1.29, 1.82) is 0 Å². The smallest absolute Gasteiger partial charge is 0.264 e. The fourth-order valence-corrected chi connectivity index (χ4v) is 14.7. The van der Waals surface area contributed by atoms with Crippen LogP contribution in [0.5, 0.6) is 0 Å². The Hall–Kier alpha value is -5.17. The third-order valence-corrected chi connectivity index (χ3v) is 17.8. The zero-order chi connectivity index (χ0) is 43.2. The molecule has 0 spiro atoms. The first kappa shape index (κ1) is 48.9. The topological polar surface area (TPSA) is 74.6 Å². The Morgan fingerprint density at radius 3 is 0.381 bits per heavy atom. The van der Waals surface area contributed by atoms with E-state index in [0.717, 1.165) is 0 Å². The monoisotopic (exact) mass is 1080 g/mol. The molecule has 318 valence electrons. The van der Waals surface area contributed by atoms with Crippen molar-refractivity contribution in [2.45, 2.75) is 0 Å². The fourth-order valence-electron chi connectivity index (χ4n) is 6.94. The van der Waals surface area contributed by atoms with Gasteiger partial charge < -0.3 is 0 Å². The fraction of sp³-hybridized carbons (Fsp3) is 0. The summed E-state index contributed by atoms with van der Waals surface area (Å²) in [4.78, 5) is 0. The summed E-state index contributed by atoms with van der Waals surface area (Å²) in [6.45, 7) is 0. The van der Waals surface area contributed by atoms with Gasteiger partial charge in [-0.05, 0) is 109 Å². The number of benzene rings is 9. The maximum Gasteiger partial charge on any atom is 0.394 e. The Labute approximate surface area is 390 Å². The maximum absolute atomic E-state index is 8.74. The van der Waals surface area contributed by atoms with Gasteiger partial charge in [-0.2, -0.15) is 8.42 Å². The van der Waals surface area contributed by atoms with Crippen LogP contribution in [0.15, 0.2) is 273 Å². The first-order chi connectivity index (χ1) is 30.3. The average Bonchev–Trinajstić information content (AvgIpc) is 3.32. The second-order valence-corrected chi connectivity index (χ2v) is 22.2. The molecule has 0 atom stereocenters. The third-order valence-electron chi connectivity index (χ3n) is 9.56. The Balaban J connectivity index is 0.000000168. The normalized spacial score (nSPS) is 10.5. The van der Waals surface area contributed by atoms with Crippen LogP contribution in [-0.4, -0.2) is 17.5 Å².